The summed E-state index contributed by atoms with van der Waals surface area (Å²) in [6.45, 7) is 1.53. The number of hydrogen-bond donors (Lipinski definition) is 0. The number of hydrogen-bond acceptors (Lipinski definition) is 6. The van der Waals surface area contributed by atoms with Crippen molar-refractivity contribution < 1.29 is 68.1 Å². The maximum absolute atomic E-state index is 12.6. The van der Waals surface area contributed by atoms with Gasteiger partial charge in [0.15, 0.2) is 12.0 Å². The third kappa shape index (κ3) is 11.4. The number of ether oxygens (including phenoxy) is 3. The summed E-state index contributed by atoms with van der Waals surface area (Å²) >= 11 is 0. The average Bonchev–Trinajstić information content (AvgIpc) is 2.58. The van der Waals surface area contributed by atoms with Crippen molar-refractivity contribution in [3.8, 4) is 0 Å². The van der Waals surface area contributed by atoms with E-state index in [-0.39, 0.29) is 19.4 Å². The van der Waals surface area contributed by atoms with Crippen molar-refractivity contribution in [1.29, 1.82) is 0 Å². The molecule has 0 amide bonds. The highest BCUT2D eigenvalue weighted by Crippen LogP contribution is 2.36. The quantitative estimate of drug-likeness (QED) is 0.137. The zero-order valence-electron chi connectivity index (χ0n) is 16.8. The summed E-state index contributed by atoms with van der Waals surface area (Å²) in [6, 6.07) is 0. The molecule has 0 aliphatic rings. The predicted octanol–water partition coefficient (Wildman–Crippen LogP) is 4.65. The van der Waals surface area contributed by atoms with Crippen LogP contribution < -0.4 is 0 Å². The van der Waals surface area contributed by atoms with Gasteiger partial charge in [-0.05, 0) is 19.8 Å². The van der Waals surface area contributed by atoms with Crippen LogP contribution in [0.15, 0.2) is 0 Å². The summed E-state index contributed by atoms with van der Waals surface area (Å²) in [5.74, 6) is -7.29. The van der Waals surface area contributed by atoms with Gasteiger partial charge in [-0.3, -0.25) is 14.4 Å². The van der Waals surface area contributed by atoms with Crippen LogP contribution in [0, 0.1) is 5.92 Å². The highest BCUT2D eigenvalue weighted by atomic mass is 19.4. The highest BCUT2D eigenvalue weighted by Gasteiger charge is 2.60. The summed E-state index contributed by atoms with van der Waals surface area (Å²) in [7, 11) is 0. The molecular weight excluding hydrogens is 471 g/mol. The maximum atomic E-state index is 12.6. The van der Waals surface area contributed by atoms with Crippen LogP contribution in [-0.4, -0.2) is 55.3 Å². The summed E-state index contributed by atoms with van der Waals surface area (Å²) in [5, 5.41) is 0. The van der Waals surface area contributed by atoms with Gasteiger partial charge in [-0.25, -0.2) is 0 Å². The minimum Gasteiger partial charge on any atom is -0.466 e. The molecule has 0 heterocycles. The van der Waals surface area contributed by atoms with Crippen LogP contribution >= 0.6 is 0 Å². The third-order valence-corrected chi connectivity index (χ3v) is 3.84. The lowest BCUT2D eigenvalue weighted by molar-refractivity contribution is -0.314. The smallest absolute Gasteiger partial charge is 0.434 e. The number of rotatable bonds is 11. The van der Waals surface area contributed by atoms with E-state index in [0.29, 0.717) is 19.8 Å². The van der Waals surface area contributed by atoms with Gasteiger partial charge in [0.05, 0.1) is 6.61 Å². The van der Waals surface area contributed by atoms with E-state index in [0.717, 1.165) is 6.92 Å². The topological polar surface area (TPSA) is 78.9 Å². The van der Waals surface area contributed by atoms with E-state index in [1.807, 2.05) is 0 Å². The summed E-state index contributed by atoms with van der Waals surface area (Å²) < 4.78 is 125. The number of carbonyl (C=O) groups is 3. The fourth-order valence-electron chi connectivity index (χ4n) is 2.19. The normalized spacial score (nSPS) is 14.6. The molecule has 6 nitrogen and oxygen atoms in total. The maximum Gasteiger partial charge on any atom is 0.434 e. The lowest BCUT2D eigenvalue weighted by atomic mass is 10.0. The highest BCUT2D eigenvalue weighted by molar-refractivity contribution is 5.95. The Morgan fingerprint density at radius 3 is 1.62 bits per heavy atom. The largest absolute Gasteiger partial charge is 0.466 e. The Morgan fingerprint density at radius 1 is 0.719 bits per heavy atom. The molecule has 0 aromatic heterocycles. The molecule has 0 saturated carbocycles. The second kappa shape index (κ2) is 12.1. The van der Waals surface area contributed by atoms with Crippen molar-refractivity contribution in [2.24, 2.45) is 5.92 Å². The van der Waals surface area contributed by atoms with E-state index < -0.39 is 61.0 Å². The van der Waals surface area contributed by atoms with Crippen LogP contribution in [0.4, 0.5) is 39.5 Å². The summed E-state index contributed by atoms with van der Waals surface area (Å²) in [4.78, 5) is 34.4. The van der Waals surface area contributed by atoms with Crippen LogP contribution in [0.25, 0.3) is 0 Å². The number of alkyl halides is 9. The van der Waals surface area contributed by atoms with Gasteiger partial charge in [-0.2, -0.15) is 39.5 Å². The van der Waals surface area contributed by atoms with Crippen molar-refractivity contribution in [2.45, 2.75) is 76.7 Å². The molecule has 32 heavy (non-hydrogen) atoms. The average molecular weight is 492 g/mol. The third-order valence-electron chi connectivity index (χ3n) is 3.84. The molecular formula is C17H21F9O6. The van der Waals surface area contributed by atoms with Gasteiger partial charge in [0, 0.05) is 6.92 Å². The molecule has 0 bridgehead atoms. The number of carbonyl (C=O) groups excluding carboxylic acids is 3. The van der Waals surface area contributed by atoms with Gasteiger partial charge in [0.25, 0.3) is 6.10 Å². The van der Waals surface area contributed by atoms with Crippen LogP contribution in [0.1, 0.15) is 46.0 Å². The first kappa shape index (κ1) is 29.8. The van der Waals surface area contributed by atoms with E-state index in [1.54, 1.807) is 0 Å². The molecule has 0 saturated heterocycles. The van der Waals surface area contributed by atoms with Gasteiger partial charge >= 0.3 is 36.4 Å². The first-order valence-electron chi connectivity index (χ1n) is 9.11. The Balaban J connectivity index is 5.25. The molecule has 0 rings (SSSR count). The molecule has 2 unspecified atom stereocenters. The van der Waals surface area contributed by atoms with Crippen molar-refractivity contribution in [2.75, 3.05) is 6.61 Å². The van der Waals surface area contributed by atoms with Crippen molar-refractivity contribution in [3.63, 3.8) is 0 Å². The predicted molar refractivity (Wildman–Crippen MR) is 86.8 cm³/mol. The number of halogens is 9. The minimum atomic E-state index is -6.07. The zero-order valence-corrected chi connectivity index (χ0v) is 16.8. The molecule has 0 aliphatic heterocycles. The Kier molecular flexibility index (Phi) is 11.3. The van der Waals surface area contributed by atoms with Gasteiger partial charge in [0.2, 0.25) is 0 Å². The summed E-state index contributed by atoms with van der Waals surface area (Å²) in [6.07, 6.45) is -24.6. The van der Waals surface area contributed by atoms with E-state index in [4.69, 9.17) is 0 Å². The zero-order chi connectivity index (χ0) is 25.3. The fourth-order valence-corrected chi connectivity index (χ4v) is 2.19. The van der Waals surface area contributed by atoms with E-state index >= 15 is 0 Å². The van der Waals surface area contributed by atoms with Gasteiger partial charge in [0.1, 0.15) is 0 Å². The Labute approximate surface area is 176 Å². The lowest BCUT2D eigenvalue weighted by Crippen LogP contribution is -2.47. The first-order valence-corrected chi connectivity index (χ1v) is 9.11. The molecule has 0 radical (unpaired) electrons. The monoisotopic (exact) mass is 492 g/mol. The van der Waals surface area contributed by atoms with Crippen LogP contribution in [-0.2, 0) is 28.6 Å². The van der Waals surface area contributed by atoms with Crippen molar-refractivity contribution >= 4 is 17.9 Å². The van der Waals surface area contributed by atoms with Gasteiger partial charge in [-0.15, -0.1) is 0 Å². The molecule has 0 aromatic rings. The Morgan fingerprint density at radius 2 is 1.19 bits per heavy atom. The summed E-state index contributed by atoms with van der Waals surface area (Å²) in [5.41, 5.74) is 0. The van der Waals surface area contributed by atoms with E-state index in [2.05, 4.69) is 14.2 Å². The molecule has 2 atom stereocenters. The van der Waals surface area contributed by atoms with Crippen LogP contribution in [0.5, 0.6) is 0 Å². The fraction of sp³-hybridized carbons (Fsp3) is 0.824. The standard InChI is InChI=1S/C17H21F9O6/c1-9(15(18,19)20)31-12(28)11(7-5-3-4-6-8-30-10(2)27)13(29)32-14(16(21,22)23)17(24,25)26/h9,11,14H,3-8H2,1-2H3. The second-order valence-corrected chi connectivity index (χ2v) is 6.62. The molecule has 0 spiro atoms. The number of esters is 3. The van der Waals surface area contributed by atoms with Crippen molar-refractivity contribution in [3.05, 3.63) is 0 Å². The Bertz CT molecular complexity index is 613. The van der Waals surface area contributed by atoms with E-state index in [9.17, 15) is 53.9 Å². The number of unbranched alkanes of at least 4 members (excludes halogenated alkanes) is 3. The first-order chi connectivity index (χ1) is 14.4. The molecule has 0 N–H and O–H groups in total. The minimum absolute atomic E-state index is 0.0186. The molecule has 0 aliphatic carbocycles. The Hall–Kier alpha value is -2.22. The molecule has 188 valence electrons. The van der Waals surface area contributed by atoms with Gasteiger partial charge < -0.3 is 14.2 Å². The van der Waals surface area contributed by atoms with Gasteiger partial charge in [-0.1, -0.05) is 19.3 Å². The molecule has 0 aromatic carbocycles. The molecule has 15 heteroatoms. The lowest BCUT2D eigenvalue weighted by Gasteiger charge is -2.25. The molecule has 0 fully saturated rings. The van der Waals surface area contributed by atoms with Crippen LogP contribution in [0.3, 0.4) is 0 Å². The van der Waals surface area contributed by atoms with E-state index in [1.165, 1.54) is 0 Å². The SMILES string of the molecule is CC(=O)OCCCCCCC(C(=O)OC(C)C(F)(F)F)C(=O)OC(C(F)(F)F)C(F)(F)F. The van der Waals surface area contributed by atoms with Crippen LogP contribution in [0.2, 0.25) is 0 Å². The van der Waals surface area contributed by atoms with Crippen molar-refractivity contribution in [1.82, 2.24) is 0 Å². The second-order valence-electron chi connectivity index (χ2n) is 6.62.